The topological polar surface area (TPSA) is 65.5 Å². The molecule has 0 spiro atoms. The lowest BCUT2D eigenvalue weighted by Gasteiger charge is -2.20. The van der Waals surface area contributed by atoms with Crippen LogP contribution in [0, 0.1) is 5.92 Å². The maximum Gasteiger partial charge on any atom is 0.221 e. The van der Waals surface area contributed by atoms with E-state index in [1.165, 1.54) is 6.92 Å². The Hall–Kier alpha value is -2.04. The van der Waals surface area contributed by atoms with Crippen molar-refractivity contribution in [3.05, 3.63) is 29.8 Å². The molecule has 0 bridgehead atoms. The minimum absolute atomic E-state index is 0.0681. The Kier molecular flexibility index (Phi) is 7.43. The summed E-state index contributed by atoms with van der Waals surface area (Å²) in [5, 5.41) is 9.44. The highest BCUT2D eigenvalue weighted by Gasteiger charge is 2.08. The van der Waals surface area contributed by atoms with Crippen LogP contribution in [0.5, 0.6) is 0 Å². The van der Waals surface area contributed by atoms with Gasteiger partial charge in [-0.15, -0.1) is 0 Å². The number of nitrogens with zero attached hydrogens (tertiary/aromatic N) is 1. The number of aliphatic imine (C=N–C) groups is 1. The molecule has 1 atom stereocenters. The number of amides is 1. The van der Waals surface area contributed by atoms with E-state index in [-0.39, 0.29) is 5.91 Å². The maximum atomic E-state index is 11.1. The van der Waals surface area contributed by atoms with Gasteiger partial charge in [-0.05, 0) is 37.5 Å². The molecule has 3 N–H and O–H groups in total. The third-order valence-corrected chi connectivity index (χ3v) is 3.38. The van der Waals surface area contributed by atoms with Gasteiger partial charge in [0.2, 0.25) is 5.91 Å². The Morgan fingerprint density at radius 3 is 2.59 bits per heavy atom. The minimum atomic E-state index is -0.0681. The Morgan fingerprint density at radius 1 is 1.27 bits per heavy atom. The highest BCUT2D eigenvalue weighted by molar-refractivity contribution is 5.88. The van der Waals surface area contributed by atoms with E-state index in [9.17, 15) is 4.79 Å². The fourth-order valence-corrected chi connectivity index (χ4v) is 1.82. The van der Waals surface area contributed by atoms with Crippen LogP contribution < -0.4 is 16.0 Å². The number of benzene rings is 1. The zero-order chi connectivity index (χ0) is 16.5. The Bertz CT molecular complexity index is 511. The van der Waals surface area contributed by atoms with E-state index in [0.717, 1.165) is 23.8 Å². The Labute approximate surface area is 133 Å². The molecule has 0 saturated heterocycles. The molecule has 5 nitrogen and oxygen atoms in total. The molecule has 0 aliphatic rings. The Morgan fingerprint density at radius 2 is 2.00 bits per heavy atom. The van der Waals surface area contributed by atoms with Crippen molar-refractivity contribution in [3.8, 4) is 0 Å². The third-order valence-electron chi connectivity index (χ3n) is 3.38. The van der Waals surface area contributed by atoms with Gasteiger partial charge in [0.25, 0.3) is 0 Å². The largest absolute Gasteiger partial charge is 0.357 e. The summed E-state index contributed by atoms with van der Waals surface area (Å²) in [6.07, 6.45) is 0. The molecular weight excluding hydrogens is 276 g/mol. The molecule has 1 unspecified atom stereocenters. The number of rotatable bonds is 6. The first-order valence-electron chi connectivity index (χ1n) is 7.83. The standard InChI is InChI=1S/C17H28N4O/c1-6-18-17(20-13(4)12(2)3)19-11-15-8-7-9-16(10-15)21-14(5)22/h7-10,12-13H,6,11H2,1-5H3,(H,21,22)(H2,18,19,20). The average Bonchev–Trinajstić information content (AvgIpc) is 2.44. The van der Waals surface area contributed by atoms with Crippen molar-refractivity contribution in [3.63, 3.8) is 0 Å². The summed E-state index contributed by atoms with van der Waals surface area (Å²) in [5.41, 5.74) is 1.86. The average molecular weight is 304 g/mol. The van der Waals surface area contributed by atoms with Crippen molar-refractivity contribution in [1.82, 2.24) is 10.6 Å². The molecule has 0 aliphatic carbocycles. The van der Waals surface area contributed by atoms with Crippen molar-refractivity contribution in [1.29, 1.82) is 0 Å². The van der Waals surface area contributed by atoms with Crippen molar-refractivity contribution in [2.24, 2.45) is 10.9 Å². The molecule has 0 fully saturated rings. The van der Waals surface area contributed by atoms with Gasteiger partial charge in [0, 0.05) is 25.2 Å². The second-order valence-corrected chi connectivity index (χ2v) is 5.75. The van der Waals surface area contributed by atoms with Gasteiger partial charge >= 0.3 is 0 Å². The van der Waals surface area contributed by atoms with Crippen LogP contribution in [0.25, 0.3) is 0 Å². The predicted octanol–water partition coefficient (Wildman–Crippen LogP) is 2.74. The molecule has 0 saturated carbocycles. The first-order chi connectivity index (χ1) is 10.4. The molecule has 0 heterocycles. The van der Waals surface area contributed by atoms with E-state index in [0.29, 0.717) is 18.5 Å². The first-order valence-corrected chi connectivity index (χ1v) is 7.83. The molecule has 0 aromatic heterocycles. The van der Waals surface area contributed by atoms with Crippen LogP contribution in [-0.4, -0.2) is 24.5 Å². The zero-order valence-corrected chi connectivity index (χ0v) is 14.2. The summed E-state index contributed by atoms with van der Waals surface area (Å²) in [7, 11) is 0. The summed E-state index contributed by atoms with van der Waals surface area (Å²) >= 11 is 0. The van der Waals surface area contributed by atoms with Gasteiger partial charge in [-0.1, -0.05) is 26.0 Å². The summed E-state index contributed by atoms with van der Waals surface area (Å²) in [6.45, 7) is 11.4. The molecule has 1 aromatic rings. The lowest BCUT2D eigenvalue weighted by molar-refractivity contribution is -0.114. The molecule has 5 heteroatoms. The summed E-state index contributed by atoms with van der Waals surface area (Å²) in [6, 6.07) is 8.10. The van der Waals surface area contributed by atoms with Crippen LogP contribution in [0.3, 0.4) is 0 Å². The van der Waals surface area contributed by atoms with Gasteiger partial charge in [-0.3, -0.25) is 4.79 Å². The van der Waals surface area contributed by atoms with E-state index in [2.05, 4.69) is 48.6 Å². The number of carbonyl (C=O) groups excluding carboxylic acids is 1. The zero-order valence-electron chi connectivity index (χ0n) is 14.2. The minimum Gasteiger partial charge on any atom is -0.357 e. The van der Waals surface area contributed by atoms with Crippen molar-refractivity contribution in [2.75, 3.05) is 11.9 Å². The smallest absolute Gasteiger partial charge is 0.221 e. The monoisotopic (exact) mass is 304 g/mol. The number of anilines is 1. The van der Waals surface area contributed by atoms with E-state index in [4.69, 9.17) is 0 Å². The van der Waals surface area contributed by atoms with E-state index in [1.54, 1.807) is 0 Å². The second-order valence-electron chi connectivity index (χ2n) is 5.75. The number of hydrogen-bond donors (Lipinski definition) is 3. The van der Waals surface area contributed by atoms with Crippen LogP contribution in [0.2, 0.25) is 0 Å². The van der Waals surface area contributed by atoms with Crippen molar-refractivity contribution < 1.29 is 4.79 Å². The van der Waals surface area contributed by atoms with Crippen molar-refractivity contribution in [2.45, 2.75) is 47.2 Å². The molecule has 22 heavy (non-hydrogen) atoms. The molecule has 122 valence electrons. The summed E-state index contributed by atoms with van der Waals surface area (Å²) in [5.74, 6) is 1.28. The normalized spacial score (nSPS) is 12.9. The van der Waals surface area contributed by atoms with Gasteiger partial charge in [-0.25, -0.2) is 4.99 Å². The van der Waals surface area contributed by atoms with Gasteiger partial charge in [0.1, 0.15) is 0 Å². The first kappa shape index (κ1) is 18.0. The van der Waals surface area contributed by atoms with E-state index in [1.807, 2.05) is 24.3 Å². The second kappa shape index (κ2) is 9.07. The quantitative estimate of drug-likeness (QED) is 0.559. The fourth-order valence-electron chi connectivity index (χ4n) is 1.82. The highest BCUT2D eigenvalue weighted by atomic mass is 16.1. The van der Waals surface area contributed by atoms with E-state index < -0.39 is 0 Å². The van der Waals surface area contributed by atoms with Crippen LogP contribution in [-0.2, 0) is 11.3 Å². The van der Waals surface area contributed by atoms with Crippen LogP contribution in [0.4, 0.5) is 5.69 Å². The molecule has 0 radical (unpaired) electrons. The molecule has 1 amide bonds. The lowest BCUT2D eigenvalue weighted by atomic mass is 10.1. The Balaban J connectivity index is 2.75. The van der Waals surface area contributed by atoms with Gasteiger partial charge in [0.05, 0.1) is 6.54 Å². The van der Waals surface area contributed by atoms with Gasteiger partial charge < -0.3 is 16.0 Å². The summed E-state index contributed by atoms with van der Waals surface area (Å²) in [4.78, 5) is 15.7. The van der Waals surface area contributed by atoms with Gasteiger partial charge in [-0.2, -0.15) is 0 Å². The third kappa shape index (κ3) is 6.61. The number of nitrogens with one attached hydrogen (secondary N) is 3. The molecular formula is C17H28N4O. The van der Waals surface area contributed by atoms with Crippen LogP contribution in [0.1, 0.15) is 40.2 Å². The maximum absolute atomic E-state index is 11.1. The number of carbonyl (C=O) groups is 1. The van der Waals surface area contributed by atoms with E-state index >= 15 is 0 Å². The lowest BCUT2D eigenvalue weighted by Crippen LogP contribution is -2.44. The molecule has 1 aromatic carbocycles. The summed E-state index contributed by atoms with van der Waals surface area (Å²) < 4.78 is 0. The van der Waals surface area contributed by atoms with Crippen LogP contribution in [0.15, 0.2) is 29.3 Å². The molecule has 0 aliphatic heterocycles. The SMILES string of the molecule is CCNC(=NCc1cccc(NC(C)=O)c1)NC(C)C(C)C. The predicted molar refractivity (Wildman–Crippen MR) is 93.0 cm³/mol. The van der Waals surface area contributed by atoms with Crippen LogP contribution >= 0.6 is 0 Å². The highest BCUT2D eigenvalue weighted by Crippen LogP contribution is 2.11. The molecule has 1 rings (SSSR count). The van der Waals surface area contributed by atoms with Gasteiger partial charge in [0.15, 0.2) is 5.96 Å². The number of hydrogen-bond acceptors (Lipinski definition) is 2. The number of guanidine groups is 1. The fraction of sp³-hybridized carbons (Fsp3) is 0.529. The van der Waals surface area contributed by atoms with Crippen molar-refractivity contribution >= 4 is 17.6 Å².